The Morgan fingerprint density at radius 3 is 2.45 bits per heavy atom. The molecule has 0 radical (unpaired) electrons. The number of tetrazole rings is 1. The van der Waals surface area contributed by atoms with E-state index in [9.17, 15) is 4.79 Å². The molecular formula is C21H13N5O2S. The van der Waals surface area contributed by atoms with Gasteiger partial charge in [-0.05, 0) is 71.1 Å². The number of carbonyl (C=O) groups is 1. The molecule has 0 unspecified atom stereocenters. The van der Waals surface area contributed by atoms with Gasteiger partial charge in [-0.25, -0.2) is 14.5 Å². The highest BCUT2D eigenvalue weighted by molar-refractivity contribution is 7.21. The molecule has 0 N–H and O–H groups in total. The van der Waals surface area contributed by atoms with E-state index in [4.69, 9.17) is 4.74 Å². The first-order valence-corrected chi connectivity index (χ1v) is 9.59. The second-order valence-corrected chi connectivity index (χ2v) is 7.23. The smallest absolute Gasteiger partial charge is 0.343 e. The van der Waals surface area contributed by atoms with Crippen LogP contribution < -0.4 is 4.74 Å². The van der Waals surface area contributed by atoms with E-state index in [0.717, 1.165) is 26.5 Å². The van der Waals surface area contributed by atoms with Crippen molar-refractivity contribution in [1.29, 1.82) is 0 Å². The first-order chi connectivity index (χ1) is 14.3. The van der Waals surface area contributed by atoms with Gasteiger partial charge < -0.3 is 4.74 Å². The predicted octanol–water partition coefficient (Wildman–Crippen LogP) is 4.16. The van der Waals surface area contributed by atoms with Gasteiger partial charge in [0.2, 0.25) is 0 Å². The summed E-state index contributed by atoms with van der Waals surface area (Å²) in [6, 6.07) is 22.2. The minimum absolute atomic E-state index is 0.430. The van der Waals surface area contributed by atoms with Crippen LogP contribution in [0.5, 0.6) is 5.75 Å². The number of benzene rings is 3. The van der Waals surface area contributed by atoms with Crippen LogP contribution in [-0.4, -0.2) is 31.2 Å². The van der Waals surface area contributed by atoms with E-state index in [1.165, 1.54) is 11.0 Å². The highest BCUT2D eigenvalue weighted by Gasteiger charge is 2.11. The van der Waals surface area contributed by atoms with Gasteiger partial charge in [0, 0.05) is 5.56 Å². The van der Waals surface area contributed by atoms with Gasteiger partial charge in [0.25, 0.3) is 0 Å². The minimum atomic E-state index is -0.430. The number of nitrogens with zero attached hydrogens (tertiary/aromatic N) is 5. The molecule has 8 heteroatoms. The summed E-state index contributed by atoms with van der Waals surface area (Å²) in [5, 5.41) is 11.9. The summed E-state index contributed by atoms with van der Waals surface area (Å²) in [5.41, 5.74) is 3.16. The molecule has 0 fully saturated rings. The molecule has 2 heterocycles. The Morgan fingerprint density at radius 2 is 1.72 bits per heavy atom. The van der Waals surface area contributed by atoms with Crippen LogP contribution in [0.2, 0.25) is 0 Å². The van der Waals surface area contributed by atoms with E-state index in [-0.39, 0.29) is 0 Å². The molecule has 2 aromatic heterocycles. The minimum Gasteiger partial charge on any atom is -0.423 e. The average molecular weight is 399 g/mol. The SMILES string of the molecule is O=C(Oc1ccc(-c2nc3ccccc3s2)cc1)c1ccc(-n2cnnn2)cc1. The number of hydrogen-bond donors (Lipinski definition) is 0. The van der Waals surface area contributed by atoms with Crippen molar-refractivity contribution in [3.8, 4) is 22.0 Å². The molecule has 0 amide bonds. The van der Waals surface area contributed by atoms with E-state index >= 15 is 0 Å². The van der Waals surface area contributed by atoms with Gasteiger partial charge in [0.15, 0.2) is 0 Å². The van der Waals surface area contributed by atoms with Gasteiger partial charge in [0.05, 0.1) is 21.5 Å². The van der Waals surface area contributed by atoms with Crippen molar-refractivity contribution in [2.45, 2.75) is 0 Å². The molecule has 7 nitrogen and oxygen atoms in total. The fourth-order valence-corrected chi connectivity index (χ4v) is 3.83. The van der Waals surface area contributed by atoms with E-state index in [1.807, 2.05) is 30.3 Å². The Labute approximate surface area is 169 Å². The molecule has 5 rings (SSSR count). The fraction of sp³-hybridized carbons (Fsp3) is 0. The summed E-state index contributed by atoms with van der Waals surface area (Å²) in [6.45, 7) is 0. The Morgan fingerprint density at radius 1 is 0.931 bits per heavy atom. The maximum absolute atomic E-state index is 12.4. The van der Waals surface area contributed by atoms with E-state index in [2.05, 4.69) is 26.6 Å². The van der Waals surface area contributed by atoms with Crippen molar-refractivity contribution in [2.24, 2.45) is 0 Å². The molecule has 3 aromatic carbocycles. The molecule has 0 bridgehead atoms. The number of para-hydroxylation sites is 1. The zero-order chi connectivity index (χ0) is 19.6. The number of rotatable bonds is 4. The van der Waals surface area contributed by atoms with Crippen molar-refractivity contribution < 1.29 is 9.53 Å². The molecule has 29 heavy (non-hydrogen) atoms. The Hall–Kier alpha value is -3.91. The van der Waals surface area contributed by atoms with Crippen LogP contribution >= 0.6 is 11.3 Å². The standard InChI is InChI=1S/C21H13N5O2S/c27-21(15-5-9-16(10-6-15)26-13-22-24-25-26)28-17-11-7-14(8-12-17)20-23-18-3-1-2-4-19(18)29-20/h1-13H. The van der Waals surface area contributed by atoms with Crippen LogP contribution in [0.4, 0.5) is 0 Å². The number of carbonyl (C=O) groups excluding carboxylic acids is 1. The molecule has 140 valence electrons. The van der Waals surface area contributed by atoms with Crippen LogP contribution in [0.3, 0.4) is 0 Å². The van der Waals surface area contributed by atoms with Crippen molar-refractivity contribution in [1.82, 2.24) is 25.2 Å². The summed E-state index contributed by atoms with van der Waals surface area (Å²) in [7, 11) is 0. The van der Waals surface area contributed by atoms with Gasteiger partial charge in [-0.15, -0.1) is 16.4 Å². The highest BCUT2D eigenvalue weighted by atomic mass is 32.1. The van der Waals surface area contributed by atoms with Crippen molar-refractivity contribution in [3.63, 3.8) is 0 Å². The normalized spacial score (nSPS) is 10.9. The third-order valence-corrected chi connectivity index (χ3v) is 5.41. The monoisotopic (exact) mass is 399 g/mol. The van der Waals surface area contributed by atoms with Gasteiger partial charge in [-0.3, -0.25) is 0 Å². The van der Waals surface area contributed by atoms with Gasteiger partial charge >= 0.3 is 5.97 Å². The molecule has 0 aliphatic rings. The summed E-state index contributed by atoms with van der Waals surface area (Å²) in [6.07, 6.45) is 1.49. The maximum Gasteiger partial charge on any atom is 0.343 e. The first kappa shape index (κ1) is 17.2. The summed E-state index contributed by atoms with van der Waals surface area (Å²) >= 11 is 1.63. The van der Waals surface area contributed by atoms with Crippen LogP contribution in [0, 0.1) is 0 Å². The fourth-order valence-electron chi connectivity index (χ4n) is 2.86. The van der Waals surface area contributed by atoms with Gasteiger partial charge in [-0.1, -0.05) is 12.1 Å². The number of esters is 1. The van der Waals surface area contributed by atoms with E-state index in [1.54, 1.807) is 47.7 Å². The topological polar surface area (TPSA) is 82.8 Å². The molecule has 0 atom stereocenters. The predicted molar refractivity (Wildman–Crippen MR) is 109 cm³/mol. The maximum atomic E-state index is 12.4. The number of hydrogen-bond acceptors (Lipinski definition) is 7. The molecule has 0 saturated heterocycles. The summed E-state index contributed by atoms with van der Waals surface area (Å²) < 4.78 is 8.13. The summed E-state index contributed by atoms with van der Waals surface area (Å²) in [4.78, 5) is 17.0. The first-order valence-electron chi connectivity index (χ1n) is 8.78. The second kappa shape index (κ2) is 7.25. The van der Waals surface area contributed by atoms with E-state index < -0.39 is 5.97 Å². The van der Waals surface area contributed by atoms with Crippen molar-refractivity contribution in [3.05, 3.63) is 84.7 Å². The van der Waals surface area contributed by atoms with Crippen LogP contribution in [-0.2, 0) is 0 Å². The molecule has 0 saturated carbocycles. The van der Waals surface area contributed by atoms with Crippen LogP contribution in [0.15, 0.2) is 79.1 Å². The molecule has 0 aliphatic carbocycles. The lowest BCUT2D eigenvalue weighted by atomic mass is 10.2. The zero-order valence-electron chi connectivity index (χ0n) is 15.0. The Balaban J connectivity index is 1.31. The number of fused-ring (bicyclic) bond motifs is 1. The molecule has 0 aliphatic heterocycles. The van der Waals surface area contributed by atoms with Crippen molar-refractivity contribution >= 4 is 27.5 Å². The molecule has 0 spiro atoms. The number of aromatic nitrogens is 5. The second-order valence-electron chi connectivity index (χ2n) is 6.20. The summed E-state index contributed by atoms with van der Waals surface area (Å²) in [5.74, 6) is 0.0467. The van der Waals surface area contributed by atoms with Crippen LogP contribution in [0.25, 0.3) is 26.5 Å². The molecule has 5 aromatic rings. The quantitative estimate of drug-likeness (QED) is 0.333. The largest absolute Gasteiger partial charge is 0.423 e. The Bertz CT molecular complexity index is 1250. The lowest BCUT2D eigenvalue weighted by Crippen LogP contribution is -2.08. The van der Waals surface area contributed by atoms with Gasteiger partial charge in [0.1, 0.15) is 17.1 Å². The van der Waals surface area contributed by atoms with Gasteiger partial charge in [-0.2, -0.15) is 0 Å². The molecular weight excluding hydrogens is 386 g/mol. The Kier molecular flexibility index (Phi) is 4.30. The van der Waals surface area contributed by atoms with Crippen molar-refractivity contribution in [2.75, 3.05) is 0 Å². The average Bonchev–Trinajstić information content (AvgIpc) is 3.44. The number of thiazole rings is 1. The van der Waals surface area contributed by atoms with E-state index in [0.29, 0.717) is 11.3 Å². The highest BCUT2D eigenvalue weighted by Crippen LogP contribution is 2.31. The third-order valence-electron chi connectivity index (χ3n) is 4.32. The zero-order valence-corrected chi connectivity index (χ0v) is 15.8. The third kappa shape index (κ3) is 3.48. The van der Waals surface area contributed by atoms with Crippen LogP contribution in [0.1, 0.15) is 10.4 Å². The lowest BCUT2D eigenvalue weighted by molar-refractivity contribution is 0.0735. The lowest BCUT2D eigenvalue weighted by Gasteiger charge is -2.06. The number of ether oxygens (including phenoxy) is 1.